The highest BCUT2D eigenvalue weighted by molar-refractivity contribution is 5.39. The molecule has 0 bridgehead atoms. The lowest BCUT2D eigenvalue weighted by molar-refractivity contribution is -0.319. The van der Waals surface area contributed by atoms with E-state index in [2.05, 4.69) is 0 Å². The molecule has 1 atom stereocenters. The van der Waals surface area contributed by atoms with Gasteiger partial charge in [0.1, 0.15) is 11.5 Å². The van der Waals surface area contributed by atoms with Crippen LogP contribution in [0.15, 0.2) is 18.2 Å². The number of rotatable bonds is 3. The van der Waals surface area contributed by atoms with Gasteiger partial charge < -0.3 is 25.6 Å². The Kier molecular flexibility index (Phi) is 3.87. The Morgan fingerprint density at radius 3 is 1.83 bits per heavy atom. The summed E-state index contributed by atoms with van der Waals surface area (Å²) >= 11 is 0. The largest absolute Gasteiger partial charge is 0.508 e. The van der Waals surface area contributed by atoms with Gasteiger partial charge in [-0.15, -0.1) is 5.06 Å². The zero-order valence-electron chi connectivity index (χ0n) is 10.6. The molecule has 0 heterocycles. The molecule has 0 amide bonds. The second kappa shape index (κ2) is 4.74. The first-order chi connectivity index (χ1) is 8.11. The summed E-state index contributed by atoms with van der Waals surface area (Å²) in [4.78, 5) is 0. The number of hydrogen-bond donors (Lipinski definition) is 5. The van der Waals surface area contributed by atoms with Crippen molar-refractivity contribution < 1.29 is 25.6 Å². The van der Waals surface area contributed by atoms with Crippen LogP contribution in [0.2, 0.25) is 0 Å². The van der Waals surface area contributed by atoms with Gasteiger partial charge >= 0.3 is 0 Å². The minimum atomic E-state index is -2.12. The summed E-state index contributed by atoms with van der Waals surface area (Å²) in [5, 5.41) is 49.0. The molecule has 1 aromatic carbocycles. The van der Waals surface area contributed by atoms with Crippen molar-refractivity contribution in [3.63, 3.8) is 0 Å². The Hall–Kier alpha value is -1.34. The molecule has 0 fully saturated rings. The minimum Gasteiger partial charge on any atom is -0.508 e. The van der Waals surface area contributed by atoms with Crippen LogP contribution in [0.1, 0.15) is 26.3 Å². The van der Waals surface area contributed by atoms with Crippen LogP contribution in [0.3, 0.4) is 0 Å². The van der Waals surface area contributed by atoms with Gasteiger partial charge in [-0.2, -0.15) is 0 Å². The van der Waals surface area contributed by atoms with Crippen LogP contribution in [0, 0.1) is 0 Å². The second-order valence-corrected chi connectivity index (χ2v) is 5.20. The molecule has 0 aliphatic rings. The van der Waals surface area contributed by atoms with Crippen molar-refractivity contribution in [3.8, 4) is 11.5 Å². The van der Waals surface area contributed by atoms with Gasteiger partial charge in [-0.3, -0.25) is 0 Å². The fraction of sp³-hybridized carbons (Fsp3) is 0.500. The van der Waals surface area contributed by atoms with Gasteiger partial charge in [0.25, 0.3) is 0 Å². The molecule has 0 saturated carbocycles. The number of aromatic hydroxyl groups is 2. The lowest BCUT2D eigenvalue weighted by Crippen LogP contribution is -2.55. The van der Waals surface area contributed by atoms with Gasteiger partial charge in [-0.05, 0) is 32.9 Å². The summed E-state index contributed by atoms with van der Waals surface area (Å²) in [6, 6.07) is 3.40. The fourth-order valence-electron chi connectivity index (χ4n) is 1.66. The van der Waals surface area contributed by atoms with E-state index in [-0.39, 0.29) is 17.1 Å². The highest BCUT2D eigenvalue weighted by atomic mass is 16.6. The average molecular weight is 257 g/mol. The van der Waals surface area contributed by atoms with E-state index >= 15 is 0 Å². The molecule has 102 valence electrons. The van der Waals surface area contributed by atoms with Crippen molar-refractivity contribution in [1.82, 2.24) is 5.06 Å². The number of phenols is 2. The lowest BCUT2D eigenvalue weighted by atomic mass is 9.97. The molecule has 0 spiro atoms. The number of benzene rings is 1. The Balaban J connectivity index is 3.30. The van der Waals surface area contributed by atoms with Gasteiger partial charge in [0, 0.05) is 17.2 Å². The lowest BCUT2D eigenvalue weighted by Gasteiger charge is -2.41. The first kappa shape index (κ1) is 14.7. The van der Waals surface area contributed by atoms with Crippen LogP contribution in [0.5, 0.6) is 11.5 Å². The molecule has 18 heavy (non-hydrogen) atoms. The van der Waals surface area contributed by atoms with E-state index in [4.69, 9.17) is 0 Å². The maximum atomic E-state index is 10.3. The molecule has 1 unspecified atom stereocenters. The first-order valence-corrected chi connectivity index (χ1v) is 5.47. The molecule has 0 saturated heterocycles. The van der Waals surface area contributed by atoms with Crippen LogP contribution in [-0.2, 0) is 5.72 Å². The predicted molar refractivity (Wildman–Crippen MR) is 64.1 cm³/mol. The highest BCUT2D eigenvalue weighted by Crippen LogP contribution is 2.33. The number of aliphatic hydroxyl groups is 2. The van der Waals surface area contributed by atoms with Crippen molar-refractivity contribution in [1.29, 1.82) is 0 Å². The van der Waals surface area contributed by atoms with E-state index in [1.165, 1.54) is 0 Å². The number of hydroxylamine groups is 2. The van der Waals surface area contributed by atoms with E-state index in [0.717, 1.165) is 18.2 Å². The summed E-state index contributed by atoms with van der Waals surface area (Å²) in [6.07, 6.45) is 0. The normalized spacial score (nSPS) is 15.7. The molecule has 0 aromatic heterocycles. The maximum absolute atomic E-state index is 10.3. The van der Waals surface area contributed by atoms with Crippen LogP contribution in [-0.4, -0.2) is 42.8 Å². The molecule has 6 nitrogen and oxygen atoms in total. The topological polar surface area (TPSA) is 104 Å². The summed E-state index contributed by atoms with van der Waals surface area (Å²) in [5.41, 5.74) is -2.98. The Morgan fingerprint density at radius 1 is 1.06 bits per heavy atom. The smallest absolute Gasteiger partial charge is 0.190 e. The van der Waals surface area contributed by atoms with Crippen molar-refractivity contribution >= 4 is 0 Å². The van der Waals surface area contributed by atoms with Crippen LogP contribution in [0.4, 0.5) is 0 Å². The van der Waals surface area contributed by atoms with E-state index in [0.29, 0.717) is 5.06 Å². The van der Waals surface area contributed by atoms with Crippen molar-refractivity contribution in [2.45, 2.75) is 32.0 Å². The number of hydrogen-bond acceptors (Lipinski definition) is 6. The Morgan fingerprint density at radius 2 is 1.50 bits per heavy atom. The number of nitrogens with zero attached hydrogens (tertiary/aromatic N) is 1. The quantitative estimate of drug-likeness (QED) is 0.404. The van der Waals surface area contributed by atoms with E-state index in [1.54, 1.807) is 20.8 Å². The van der Waals surface area contributed by atoms with Gasteiger partial charge in [0.05, 0.1) is 6.61 Å². The summed E-state index contributed by atoms with van der Waals surface area (Å²) < 4.78 is 0. The minimum absolute atomic E-state index is 0.0140. The van der Waals surface area contributed by atoms with Crippen molar-refractivity contribution in [2.75, 3.05) is 6.61 Å². The third-order valence-electron chi connectivity index (χ3n) is 2.57. The summed E-state index contributed by atoms with van der Waals surface area (Å²) in [7, 11) is 0. The zero-order chi connectivity index (χ0) is 14.1. The van der Waals surface area contributed by atoms with E-state index in [1.807, 2.05) is 0 Å². The second-order valence-electron chi connectivity index (χ2n) is 5.20. The SMILES string of the molecule is CC(C)(C)N(O)C(O)(CO)c1cc(O)cc(O)c1. The third kappa shape index (κ3) is 2.73. The molecule has 6 heteroatoms. The van der Waals surface area contributed by atoms with E-state index in [9.17, 15) is 25.6 Å². The maximum Gasteiger partial charge on any atom is 0.190 e. The molecule has 0 aliphatic carbocycles. The first-order valence-electron chi connectivity index (χ1n) is 5.47. The number of aliphatic hydroxyl groups excluding tert-OH is 1. The van der Waals surface area contributed by atoms with Crippen molar-refractivity contribution in [2.24, 2.45) is 0 Å². The van der Waals surface area contributed by atoms with Crippen LogP contribution < -0.4 is 0 Å². The Bertz CT molecular complexity index is 409. The molecule has 0 radical (unpaired) electrons. The monoisotopic (exact) mass is 257 g/mol. The molecular weight excluding hydrogens is 238 g/mol. The summed E-state index contributed by atoms with van der Waals surface area (Å²) in [5.74, 6) is -0.557. The van der Waals surface area contributed by atoms with Gasteiger partial charge in [-0.1, -0.05) is 0 Å². The zero-order valence-corrected chi connectivity index (χ0v) is 10.6. The van der Waals surface area contributed by atoms with Crippen molar-refractivity contribution in [3.05, 3.63) is 23.8 Å². The molecule has 0 aliphatic heterocycles. The van der Waals surface area contributed by atoms with E-state index < -0.39 is 17.9 Å². The highest BCUT2D eigenvalue weighted by Gasteiger charge is 2.42. The van der Waals surface area contributed by atoms with Gasteiger partial charge in [0.15, 0.2) is 5.72 Å². The van der Waals surface area contributed by atoms with Gasteiger partial charge in [0.2, 0.25) is 0 Å². The van der Waals surface area contributed by atoms with Crippen LogP contribution in [0.25, 0.3) is 0 Å². The Labute approximate surface area is 105 Å². The summed E-state index contributed by atoms with van der Waals surface area (Å²) in [6.45, 7) is 4.10. The molecule has 5 N–H and O–H groups in total. The standard InChI is InChI=1S/C12H19NO5/c1-11(2,3)13(18)12(17,7-14)8-4-9(15)6-10(16)5-8/h4-6,14-18H,7H2,1-3H3. The molecular formula is C12H19NO5. The fourth-order valence-corrected chi connectivity index (χ4v) is 1.66. The van der Waals surface area contributed by atoms with Crippen LogP contribution >= 0.6 is 0 Å². The predicted octanol–water partition coefficient (Wildman–Crippen LogP) is 0.725. The van der Waals surface area contributed by atoms with Gasteiger partial charge in [-0.25, -0.2) is 0 Å². The third-order valence-corrected chi connectivity index (χ3v) is 2.57. The molecule has 1 rings (SSSR count). The average Bonchev–Trinajstić information content (AvgIpc) is 2.24. The number of phenolic OH excluding ortho intramolecular Hbond substituents is 2. The molecule has 1 aromatic rings.